The summed E-state index contributed by atoms with van der Waals surface area (Å²) in [4.78, 5) is 0. The second-order valence-corrected chi connectivity index (χ2v) is 5.75. The van der Waals surface area contributed by atoms with E-state index >= 15 is 0 Å². The van der Waals surface area contributed by atoms with E-state index in [1.165, 1.54) is 0 Å². The van der Waals surface area contributed by atoms with E-state index < -0.39 is 0 Å². The minimum atomic E-state index is -0.0700. The van der Waals surface area contributed by atoms with Crippen LogP contribution in [0.1, 0.15) is 11.1 Å². The topological polar surface area (TPSA) is 29.5 Å². The molecule has 1 N–H and O–H groups in total. The van der Waals surface area contributed by atoms with Gasteiger partial charge in [-0.05, 0) is 47.5 Å². The van der Waals surface area contributed by atoms with E-state index in [1.807, 2.05) is 0 Å². The fourth-order valence-corrected chi connectivity index (χ4v) is 2.21. The molecule has 114 valence electrons. The van der Waals surface area contributed by atoms with Gasteiger partial charge in [0.05, 0.1) is 13.2 Å². The van der Waals surface area contributed by atoms with Gasteiger partial charge in [0.25, 0.3) is 0 Å². The molecule has 0 saturated heterocycles. The second kappa shape index (κ2) is 9.52. The average molecular weight is 368 g/mol. The molecule has 0 bridgehead atoms. The van der Waals surface area contributed by atoms with E-state index in [9.17, 15) is 0 Å². The first-order valence-corrected chi connectivity index (χ1v) is 7.46. The molecule has 0 aromatic heterocycles. The molecule has 2 aromatic carbocycles. The first-order chi connectivity index (χ1) is 9.97. The van der Waals surface area contributed by atoms with Crippen LogP contribution in [0.3, 0.4) is 0 Å². The monoisotopic (exact) mass is 366 g/mol. The van der Waals surface area contributed by atoms with Gasteiger partial charge in [0.1, 0.15) is 0 Å². The van der Waals surface area contributed by atoms with Crippen molar-refractivity contribution in [2.45, 2.75) is 13.2 Å². The van der Waals surface area contributed by atoms with Crippen LogP contribution in [0.25, 0.3) is 0 Å². The lowest BCUT2D eigenvalue weighted by Crippen LogP contribution is -1.87. The highest BCUT2D eigenvalue weighted by molar-refractivity contribution is 6.34. The van der Waals surface area contributed by atoms with E-state index in [2.05, 4.69) is 0 Å². The quantitative estimate of drug-likeness (QED) is 0.762. The summed E-state index contributed by atoms with van der Waals surface area (Å²) in [7, 11) is 1.62. The summed E-state index contributed by atoms with van der Waals surface area (Å²) in [6.07, 6.45) is 0. The number of rotatable bonds is 3. The van der Waals surface area contributed by atoms with E-state index in [1.54, 1.807) is 43.5 Å². The zero-order valence-electron chi connectivity index (χ0n) is 11.2. The second-order valence-electron chi connectivity index (χ2n) is 4.06. The maximum absolute atomic E-state index is 8.70. The van der Waals surface area contributed by atoms with Crippen molar-refractivity contribution < 1.29 is 9.84 Å². The van der Waals surface area contributed by atoms with Crippen LogP contribution in [-0.2, 0) is 18.0 Å². The van der Waals surface area contributed by atoms with Crippen LogP contribution in [0.2, 0.25) is 20.1 Å². The van der Waals surface area contributed by atoms with Crippen LogP contribution in [0.15, 0.2) is 36.4 Å². The molecule has 0 saturated carbocycles. The van der Waals surface area contributed by atoms with Crippen molar-refractivity contribution >= 4 is 46.4 Å². The SMILES string of the molecule is COCc1cc(Cl)ccc1Cl.OCc1cc(Cl)ccc1Cl. The number of hydrogen-bond donors (Lipinski definition) is 1. The molecule has 2 aromatic rings. The molecular formula is C15H14Cl4O2. The summed E-state index contributed by atoms with van der Waals surface area (Å²) in [6.45, 7) is 0.429. The lowest BCUT2D eigenvalue weighted by atomic mass is 10.2. The Kier molecular flexibility index (Phi) is 8.42. The molecule has 2 rings (SSSR count). The molecule has 0 fully saturated rings. The van der Waals surface area contributed by atoms with Crippen molar-refractivity contribution in [1.82, 2.24) is 0 Å². The molecule has 6 heteroatoms. The van der Waals surface area contributed by atoms with E-state index in [0.717, 1.165) is 5.56 Å². The van der Waals surface area contributed by atoms with Gasteiger partial charge >= 0.3 is 0 Å². The maximum Gasteiger partial charge on any atom is 0.0728 e. The molecule has 0 aliphatic carbocycles. The third-order valence-corrected chi connectivity index (χ3v) is 3.69. The Morgan fingerprint density at radius 2 is 1.33 bits per heavy atom. The molecule has 0 aliphatic rings. The van der Waals surface area contributed by atoms with Crippen molar-refractivity contribution in [1.29, 1.82) is 0 Å². The van der Waals surface area contributed by atoms with E-state index in [-0.39, 0.29) is 6.61 Å². The van der Waals surface area contributed by atoms with Crippen molar-refractivity contribution in [2.75, 3.05) is 7.11 Å². The van der Waals surface area contributed by atoms with Crippen LogP contribution in [0, 0.1) is 0 Å². The largest absolute Gasteiger partial charge is 0.392 e. The van der Waals surface area contributed by atoms with Crippen molar-refractivity contribution in [3.8, 4) is 0 Å². The summed E-state index contributed by atoms with van der Waals surface area (Å²) in [6, 6.07) is 10.3. The minimum Gasteiger partial charge on any atom is -0.392 e. The Hall–Kier alpha value is -0.480. The first kappa shape index (κ1) is 18.6. The van der Waals surface area contributed by atoms with Crippen LogP contribution < -0.4 is 0 Å². The number of benzene rings is 2. The van der Waals surface area contributed by atoms with Crippen molar-refractivity contribution in [3.63, 3.8) is 0 Å². The molecule has 0 spiro atoms. The molecule has 0 radical (unpaired) electrons. The van der Waals surface area contributed by atoms with Gasteiger partial charge in [-0.2, -0.15) is 0 Å². The number of halogens is 4. The summed E-state index contributed by atoms with van der Waals surface area (Å²) in [5.74, 6) is 0. The summed E-state index contributed by atoms with van der Waals surface area (Å²) >= 11 is 22.9. The predicted molar refractivity (Wildman–Crippen MR) is 89.6 cm³/mol. The first-order valence-electron chi connectivity index (χ1n) is 5.95. The van der Waals surface area contributed by atoms with Crippen LogP contribution in [-0.4, -0.2) is 12.2 Å². The number of methoxy groups -OCH3 is 1. The lowest BCUT2D eigenvalue weighted by Gasteiger charge is -2.02. The predicted octanol–water partition coefficient (Wildman–Crippen LogP) is 5.63. The number of hydrogen-bond acceptors (Lipinski definition) is 2. The van der Waals surface area contributed by atoms with Crippen LogP contribution in [0.5, 0.6) is 0 Å². The number of aliphatic hydroxyl groups is 1. The molecular weight excluding hydrogens is 354 g/mol. The zero-order valence-corrected chi connectivity index (χ0v) is 14.3. The summed E-state index contributed by atoms with van der Waals surface area (Å²) in [5, 5.41) is 11.2. The Morgan fingerprint density at radius 1 is 0.857 bits per heavy atom. The molecule has 0 heterocycles. The standard InChI is InChI=1S/C8H8Cl2O.C7H6Cl2O/c1-11-5-6-4-7(9)2-3-8(6)10;8-6-1-2-7(9)5(3-6)4-10/h2-4H,5H2,1H3;1-3,10H,4H2. The van der Waals surface area contributed by atoms with Crippen molar-refractivity contribution in [2.24, 2.45) is 0 Å². The smallest absolute Gasteiger partial charge is 0.0728 e. The van der Waals surface area contributed by atoms with Gasteiger partial charge in [0.15, 0.2) is 0 Å². The van der Waals surface area contributed by atoms with Gasteiger partial charge < -0.3 is 9.84 Å². The van der Waals surface area contributed by atoms with Crippen LogP contribution >= 0.6 is 46.4 Å². The molecule has 0 atom stereocenters. The molecule has 21 heavy (non-hydrogen) atoms. The Bertz CT molecular complexity index is 588. The Labute approximate surface area is 144 Å². The van der Waals surface area contributed by atoms with Gasteiger partial charge in [-0.3, -0.25) is 0 Å². The van der Waals surface area contributed by atoms with Gasteiger partial charge in [-0.25, -0.2) is 0 Å². The summed E-state index contributed by atoms with van der Waals surface area (Å²) in [5.41, 5.74) is 1.58. The van der Waals surface area contributed by atoms with Gasteiger partial charge in [0.2, 0.25) is 0 Å². The third kappa shape index (κ3) is 6.43. The van der Waals surface area contributed by atoms with E-state index in [4.69, 9.17) is 56.2 Å². The Balaban J connectivity index is 0.000000211. The van der Waals surface area contributed by atoms with Crippen molar-refractivity contribution in [3.05, 3.63) is 67.6 Å². The third-order valence-electron chi connectivity index (χ3n) is 2.49. The fourth-order valence-electron chi connectivity index (χ4n) is 1.47. The highest BCUT2D eigenvalue weighted by Crippen LogP contribution is 2.21. The maximum atomic E-state index is 8.70. The highest BCUT2D eigenvalue weighted by atomic mass is 35.5. The number of aliphatic hydroxyl groups excluding tert-OH is 1. The highest BCUT2D eigenvalue weighted by Gasteiger charge is 1.99. The Morgan fingerprint density at radius 3 is 1.76 bits per heavy atom. The minimum absolute atomic E-state index is 0.0700. The fraction of sp³-hybridized carbons (Fsp3) is 0.200. The van der Waals surface area contributed by atoms with Gasteiger partial charge in [0, 0.05) is 27.2 Å². The van der Waals surface area contributed by atoms with Gasteiger partial charge in [-0.1, -0.05) is 46.4 Å². The van der Waals surface area contributed by atoms with Gasteiger partial charge in [-0.15, -0.1) is 0 Å². The normalized spacial score (nSPS) is 10.0. The summed E-state index contributed by atoms with van der Waals surface area (Å²) < 4.78 is 4.92. The lowest BCUT2D eigenvalue weighted by molar-refractivity contribution is 0.185. The number of ether oxygens (including phenoxy) is 1. The molecule has 0 aliphatic heterocycles. The molecule has 0 unspecified atom stereocenters. The van der Waals surface area contributed by atoms with Crippen LogP contribution in [0.4, 0.5) is 0 Å². The molecule has 0 amide bonds. The van der Waals surface area contributed by atoms with E-state index in [0.29, 0.717) is 32.3 Å². The molecule has 2 nitrogen and oxygen atoms in total. The average Bonchev–Trinajstić information content (AvgIpc) is 2.46. The zero-order chi connectivity index (χ0) is 15.8.